The molecule has 0 fully saturated rings. The lowest BCUT2D eigenvalue weighted by molar-refractivity contribution is -0.147. The highest BCUT2D eigenvalue weighted by molar-refractivity contribution is 6.42. The second-order valence-electron chi connectivity index (χ2n) is 3.89. The molecule has 0 aromatic heterocycles. The molecule has 0 bridgehead atoms. The first-order chi connectivity index (χ1) is 5.39. The number of hydrogen-bond donors (Lipinski definition) is 0. The molecule has 0 atom stereocenters. The van der Waals surface area contributed by atoms with Gasteiger partial charge in [-0.05, 0) is 11.5 Å². The third-order valence-electron chi connectivity index (χ3n) is 1.69. The van der Waals surface area contributed by atoms with Crippen LogP contribution in [0.5, 0.6) is 0 Å². The van der Waals surface area contributed by atoms with Gasteiger partial charge in [-0.3, -0.25) is 0 Å². The summed E-state index contributed by atoms with van der Waals surface area (Å²) in [6, 6.07) is 0. The van der Waals surface area contributed by atoms with Crippen molar-refractivity contribution in [1.82, 2.24) is 0 Å². The van der Waals surface area contributed by atoms with Crippen molar-refractivity contribution in [2.45, 2.75) is 44.6 Å². The van der Waals surface area contributed by atoms with Crippen molar-refractivity contribution < 1.29 is 9.47 Å². The molecule has 3 heteroatoms. The maximum atomic E-state index is 5.40. The fourth-order valence-corrected chi connectivity index (χ4v) is 2.66. The molecule has 0 aliphatic heterocycles. The Hall–Kier alpha value is 0.137. The van der Waals surface area contributed by atoms with Crippen molar-refractivity contribution >= 4 is 9.52 Å². The Morgan fingerprint density at radius 2 is 1.50 bits per heavy atom. The van der Waals surface area contributed by atoms with Gasteiger partial charge in [0.25, 0.3) is 0 Å². The van der Waals surface area contributed by atoms with Crippen LogP contribution in [0.1, 0.15) is 34.1 Å². The molecule has 0 heterocycles. The molecule has 0 amide bonds. The number of methoxy groups -OCH3 is 2. The zero-order valence-electron chi connectivity index (χ0n) is 9.02. The second kappa shape index (κ2) is 4.39. The average molecular weight is 188 g/mol. The van der Waals surface area contributed by atoms with Crippen LogP contribution in [0.2, 0.25) is 5.04 Å². The van der Waals surface area contributed by atoms with E-state index in [1.165, 1.54) is 0 Å². The molecule has 0 aromatic carbocycles. The Balaban J connectivity index is 4.30. The molecule has 0 rings (SSSR count). The van der Waals surface area contributed by atoms with E-state index in [0.717, 1.165) is 6.42 Å². The normalized spacial score (nSPS) is 13.5. The molecule has 0 saturated heterocycles. The van der Waals surface area contributed by atoms with Gasteiger partial charge in [0, 0.05) is 14.2 Å². The monoisotopic (exact) mass is 188 g/mol. The van der Waals surface area contributed by atoms with Gasteiger partial charge in [-0.1, -0.05) is 27.7 Å². The first-order valence-electron chi connectivity index (χ1n) is 4.29. The van der Waals surface area contributed by atoms with E-state index < -0.39 is 0 Å². The molecule has 0 unspecified atom stereocenters. The minimum absolute atomic E-state index is 0.266. The summed E-state index contributed by atoms with van der Waals surface area (Å²) in [6.45, 7) is 8.70. The van der Waals surface area contributed by atoms with Crippen molar-refractivity contribution in [1.29, 1.82) is 0 Å². The van der Waals surface area contributed by atoms with Crippen LogP contribution in [-0.2, 0) is 9.47 Å². The lowest BCUT2D eigenvalue weighted by Crippen LogP contribution is -2.43. The molecular formula is C9H20O2Si. The van der Waals surface area contributed by atoms with Gasteiger partial charge >= 0.3 is 0 Å². The smallest absolute Gasteiger partial charge is 0.146 e. The predicted octanol–water partition coefficient (Wildman–Crippen LogP) is 2.27. The molecule has 12 heavy (non-hydrogen) atoms. The minimum Gasteiger partial charge on any atom is -0.358 e. The third-order valence-corrected chi connectivity index (χ3v) is 3.58. The lowest BCUT2D eigenvalue weighted by atomic mass is 10.2. The van der Waals surface area contributed by atoms with Crippen LogP contribution in [0, 0.1) is 0 Å². The fraction of sp³-hybridized carbons (Fsp3) is 1.00. The van der Waals surface area contributed by atoms with Crippen molar-refractivity contribution in [3.05, 3.63) is 0 Å². The van der Waals surface area contributed by atoms with Gasteiger partial charge in [0.2, 0.25) is 0 Å². The summed E-state index contributed by atoms with van der Waals surface area (Å²) in [6.07, 6.45) is 0.899. The molecule has 2 radical (unpaired) electrons. The summed E-state index contributed by atoms with van der Waals surface area (Å²) in [5.41, 5.74) is -0.363. The van der Waals surface area contributed by atoms with E-state index in [-0.39, 0.29) is 10.4 Å². The van der Waals surface area contributed by atoms with Gasteiger partial charge in [-0.2, -0.15) is 0 Å². The molecule has 0 N–H and O–H groups in total. The Bertz CT molecular complexity index is 117. The first-order valence-corrected chi connectivity index (χ1v) is 5.29. The van der Waals surface area contributed by atoms with E-state index in [2.05, 4.69) is 27.7 Å². The van der Waals surface area contributed by atoms with E-state index in [0.29, 0.717) is 9.52 Å². The van der Waals surface area contributed by atoms with Crippen molar-refractivity contribution in [3.8, 4) is 0 Å². The average Bonchev–Trinajstić information content (AvgIpc) is 1.99. The van der Waals surface area contributed by atoms with Gasteiger partial charge in [0.15, 0.2) is 0 Å². The van der Waals surface area contributed by atoms with E-state index in [1.54, 1.807) is 14.2 Å². The molecule has 0 saturated carbocycles. The van der Waals surface area contributed by atoms with E-state index in [9.17, 15) is 0 Å². The highest BCUT2D eigenvalue weighted by atomic mass is 28.2. The molecule has 0 aliphatic carbocycles. The van der Waals surface area contributed by atoms with E-state index >= 15 is 0 Å². The van der Waals surface area contributed by atoms with Crippen LogP contribution in [-0.4, -0.2) is 29.1 Å². The van der Waals surface area contributed by atoms with Crippen LogP contribution in [0.3, 0.4) is 0 Å². The van der Waals surface area contributed by atoms with E-state index in [1.807, 2.05) is 0 Å². The molecule has 0 aromatic rings. The zero-order chi connectivity index (χ0) is 9.83. The lowest BCUT2D eigenvalue weighted by Gasteiger charge is -2.34. The van der Waals surface area contributed by atoms with Gasteiger partial charge < -0.3 is 9.47 Å². The van der Waals surface area contributed by atoms with Crippen LogP contribution >= 0.6 is 0 Å². The maximum Gasteiger partial charge on any atom is 0.146 e. The number of hydrogen-bond acceptors (Lipinski definition) is 2. The van der Waals surface area contributed by atoms with Gasteiger partial charge in [0.1, 0.15) is 14.9 Å². The Morgan fingerprint density at radius 3 is 1.58 bits per heavy atom. The Labute approximate surface area is 78.5 Å². The first kappa shape index (κ1) is 12.1. The topological polar surface area (TPSA) is 18.5 Å². The maximum absolute atomic E-state index is 5.40. The van der Waals surface area contributed by atoms with Gasteiger partial charge in [-0.25, -0.2) is 0 Å². The Kier molecular flexibility index (Phi) is 4.44. The summed E-state index contributed by atoms with van der Waals surface area (Å²) < 4.78 is 10.8. The van der Waals surface area contributed by atoms with Gasteiger partial charge in [0.05, 0.1) is 0 Å². The van der Waals surface area contributed by atoms with Crippen LogP contribution in [0.15, 0.2) is 0 Å². The highest BCUT2D eigenvalue weighted by Crippen LogP contribution is 2.29. The highest BCUT2D eigenvalue weighted by Gasteiger charge is 2.33. The third kappa shape index (κ3) is 3.69. The van der Waals surface area contributed by atoms with Crippen molar-refractivity contribution in [2.75, 3.05) is 14.2 Å². The summed E-state index contributed by atoms with van der Waals surface area (Å²) >= 11 is 0. The fourth-order valence-electron chi connectivity index (χ4n) is 1.13. The van der Waals surface area contributed by atoms with E-state index in [4.69, 9.17) is 9.47 Å². The minimum atomic E-state index is -0.363. The molecule has 0 aliphatic rings. The van der Waals surface area contributed by atoms with Crippen LogP contribution in [0.4, 0.5) is 0 Å². The number of rotatable bonds is 4. The molecule has 2 nitrogen and oxygen atoms in total. The summed E-state index contributed by atoms with van der Waals surface area (Å²) in [5, 5.41) is 0.266. The summed E-state index contributed by atoms with van der Waals surface area (Å²) in [7, 11) is 4.09. The number of ether oxygens (including phenoxy) is 2. The Morgan fingerprint density at radius 1 is 1.08 bits per heavy atom. The molecule has 72 valence electrons. The standard InChI is InChI=1S/C9H20O2Si/c1-7-9(10-5,11-6)12-8(2,3)4/h7H2,1-6H3. The largest absolute Gasteiger partial charge is 0.358 e. The summed E-state index contributed by atoms with van der Waals surface area (Å²) in [5.74, 6) is 0. The van der Waals surface area contributed by atoms with Crippen molar-refractivity contribution in [2.24, 2.45) is 0 Å². The van der Waals surface area contributed by atoms with Crippen LogP contribution < -0.4 is 0 Å². The van der Waals surface area contributed by atoms with Gasteiger partial charge in [-0.15, -0.1) is 0 Å². The second-order valence-corrected chi connectivity index (χ2v) is 6.40. The molecular weight excluding hydrogens is 168 g/mol. The summed E-state index contributed by atoms with van der Waals surface area (Å²) in [4.78, 5) is 0. The van der Waals surface area contributed by atoms with Crippen molar-refractivity contribution in [3.63, 3.8) is 0 Å². The predicted molar refractivity (Wildman–Crippen MR) is 52.5 cm³/mol. The quantitative estimate of drug-likeness (QED) is 0.498. The zero-order valence-corrected chi connectivity index (χ0v) is 10.0. The SMILES string of the molecule is CCC(OC)(OC)[Si]C(C)(C)C. The van der Waals surface area contributed by atoms with Crippen LogP contribution in [0.25, 0.3) is 0 Å². The molecule has 0 spiro atoms.